The molecule has 0 unspecified atom stereocenters. The number of hydrogen-bond acceptors (Lipinski definition) is 6. The Morgan fingerprint density at radius 2 is 2.05 bits per heavy atom. The maximum absolute atomic E-state index is 11.5. The highest BCUT2D eigenvalue weighted by molar-refractivity contribution is 5.82. The molecule has 0 aliphatic carbocycles. The number of benzene rings is 1. The molecule has 8 heteroatoms. The van der Waals surface area contributed by atoms with Crippen LogP contribution >= 0.6 is 0 Å². The Morgan fingerprint density at radius 3 is 2.64 bits per heavy atom. The van der Waals surface area contributed by atoms with Gasteiger partial charge in [0, 0.05) is 0 Å². The minimum Gasteiger partial charge on any atom is -0.493 e. The van der Waals surface area contributed by atoms with Gasteiger partial charge in [0.05, 0.1) is 19.4 Å². The molecule has 0 heterocycles. The van der Waals surface area contributed by atoms with Gasteiger partial charge in [-0.2, -0.15) is 5.10 Å². The monoisotopic (exact) mass is 308 g/mol. The van der Waals surface area contributed by atoms with E-state index in [4.69, 9.17) is 25.7 Å². The molecular formula is C14H20N4O4. The van der Waals surface area contributed by atoms with E-state index in [1.807, 2.05) is 0 Å². The molecule has 1 rings (SSSR count). The van der Waals surface area contributed by atoms with Crippen molar-refractivity contribution in [1.82, 2.24) is 0 Å². The molecule has 0 amide bonds. The number of nitrogens with two attached hydrogens (primary N) is 2. The number of guanidine groups is 1. The van der Waals surface area contributed by atoms with E-state index in [9.17, 15) is 4.79 Å². The third-order valence-corrected chi connectivity index (χ3v) is 2.28. The number of carbonyl (C=O) groups excluding carboxylic acids is 1. The molecule has 0 bridgehead atoms. The van der Waals surface area contributed by atoms with Crippen molar-refractivity contribution in [1.29, 1.82) is 0 Å². The molecule has 0 spiro atoms. The van der Waals surface area contributed by atoms with Gasteiger partial charge in [-0.25, -0.2) is 4.79 Å². The third kappa shape index (κ3) is 6.12. The molecule has 0 radical (unpaired) electrons. The standard InChI is InChI=1S/C14H20N4O4/c1-9(2)22-13(19)8-21-11-5-4-10(6-12(11)20-3)7-17-18-14(15)16/h4-7,9H,8H2,1-3H3,(H4,15,16,18). The zero-order valence-corrected chi connectivity index (χ0v) is 12.8. The van der Waals surface area contributed by atoms with Crippen molar-refractivity contribution in [2.45, 2.75) is 20.0 Å². The normalized spacial score (nSPS) is 10.5. The van der Waals surface area contributed by atoms with Crippen LogP contribution in [-0.4, -0.2) is 38.0 Å². The second-order valence-electron chi connectivity index (χ2n) is 4.51. The number of nitrogens with zero attached hydrogens (tertiary/aromatic N) is 2. The molecule has 0 aliphatic rings. The van der Waals surface area contributed by atoms with Crippen molar-refractivity contribution >= 4 is 18.1 Å². The highest BCUT2D eigenvalue weighted by atomic mass is 16.6. The highest BCUT2D eigenvalue weighted by Gasteiger charge is 2.10. The van der Waals surface area contributed by atoms with Gasteiger partial charge < -0.3 is 25.7 Å². The fraction of sp³-hybridized carbons (Fsp3) is 0.357. The molecule has 0 aromatic heterocycles. The summed E-state index contributed by atoms with van der Waals surface area (Å²) < 4.78 is 15.6. The summed E-state index contributed by atoms with van der Waals surface area (Å²) in [5, 5.41) is 7.19. The summed E-state index contributed by atoms with van der Waals surface area (Å²) >= 11 is 0. The first-order valence-electron chi connectivity index (χ1n) is 6.54. The van der Waals surface area contributed by atoms with Gasteiger partial charge in [0.1, 0.15) is 0 Å². The lowest BCUT2D eigenvalue weighted by Gasteiger charge is -2.12. The van der Waals surface area contributed by atoms with E-state index in [0.717, 1.165) is 0 Å². The number of hydrogen-bond donors (Lipinski definition) is 2. The van der Waals surface area contributed by atoms with Crippen molar-refractivity contribution in [3.05, 3.63) is 23.8 Å². The van der Waals surface area contributed by atoms with Gasteiger partial charge in [0.25, 0.3) is 0 Å². The SMILES string of the molecule is COc1cc(C=NN=C(N)N)ccc1OCC(=O)OC(C)C. The van der Waals surface area contributed by atoms with E-state index in [-0.39, 0.29) is 18.7 Å². The van der Waals surface area contributed by atoms with Crippen molar-refractivity contribution in [3.8, 4) is 11.5 Å². The van der Waals surface area contributed by atoms with E-state index in [1.165, 1.54) is 13.3 Å². The van der Waals surface area contributed by atoms with E-state index < -0.39 is 5.97 Å². The first kappa shape index (κ1) is 17.3. The van der Waals surface area contributed by atoms with Crippen LogP contribution in [-0.2, 0) is 9.53 Å². The van der Waals surface area contributed by atoms with Crippen LogP contribution in [0.2, 0.25) is 0 Å². The van der Waals surface area contributed by atoms with Crippen LogP contribution < -0.4 is 20.9 Å². The summed E-state index contributed by atoms with van der Waals surface area (Å²) in [5.41, 5.74) is 11.0. The largest absolute Gasteiger partial charge is 0.493 e. The fourth-order valence-corrected chi connectivity index (χ4v) is 1.48. The molecule has 0 saturated heterocycles. The van der Waals surface area contributed by atoms with E-state index >= 15 is 0 Å². The second-order valence-corrected chi connectivity index (χ2v) is 4.51. The van der Waals surface area contributed by atoms with Gasteiger partial charge in [0.15, 0.2) is 18.1 Å². The first-order chi connectivity index (χ1) is 10.4. The topological polar surface area (TPSA) is 122 Å². The van der Waals surface area contributed by atoms with Crippen LogP contribution in [0.15, 0.2) is 28.4 Å². The fourth-order valence-electron chi connectivity index (χ4n) is 1.48. The Labute approximate surface area is 128 Å². The molecular weight excluding hydrogens is 288 g/mol. The molecule has 1 aromatic carbocycles. The van der Waals surface area contributed by atoms with Gasteiger partial charge in [0.2, 0.25) is 5.96 Å². The third-order valence-electron chi connectivity index (χ3n) is 2.28. The summed E-state index contributed by atoms with van der Waals surface area (Å²) in [7, 11) is 1.49. The second kappa shape index (κ2) is 8.50. The Bertz CT molecular complexity index is 566. The Balaban J connectivity index is 2.75. The van der Waals surface area contributed by atoms with Crippen molar-refractivity contribution in [3.63, 3.8) is 0 Å². The molecule has 0 fully saturated rings. The average molecular weight is 308 g/mol. The zero-order valence-electron chi connectivity index (χ0n) is 12.8. The molecule has 1 aromatic rings. The van der Waals surface area contributed by atoms with Crippen LogP contribution in [0.4, 0.5) is 0 Å². The number of rotatable bonds is 7. The number of ether oxygens (including phenoxy) is 3. The lowest BCUT2D eigenvalue weighted by Crippen LogP contribution is -2.21. The lowest BCUT2D eigenvalue weighted by atomic mass is 10.2. The molecule has 0 saturated carbocycles. The van der Waals surface area contributed by atoms with Crippen LogP contribution in [0.25, 0.3) is 0 Å². The van der Waals surface area contributed by atoms with E-state index in [2.05, 4.69) is 10.2 Å². The summed E-state index contributed by atoms with van der Waals surface area (Å²) in [6.45, 7) is 3.34. The molecule has 4 N–H and O–H groups in total. The average Bonchev–Trinajstić information content (AvgIpc) is 2.44. The van der Waals surface area contributed by atoms with Gasteiger partial charge in [-0.1, -0.05) is 0 Å². The van der Waals surface area contributed by atoms with E-state index in [1.54, 1.807) is 32.0 Å². The van der Waals surface area contributed by atoms with Gasteiger partial charge in [-0.05, 0) is 37.6 Å². The molecule has 8 nitrogen and oxygen atoms in total. The maximum atomic E-state index is 11.5. The molecule has 22 heavy (non-hydrogen) atoms. The zero-order chi connectivity index (χ0) is 16.5. The predicted octanol–water partition coefficient (Wildman–Crippen LogP) is 0.633. The highest BCUT2D eigenvalue weighted by Crippen LogP contribution is 2.27. The van der Waals surface area contributed by atoms with Crippen LogP contribution in [0.3, 0.4) is 0 Å². The minimum absolute atomic E-state index is 0.133. The molecule has 0 atom stereocenters. The smallest absolute Gasteiger partial charge is 0.344 e. The summed E-state index contributed by atoms with van der Waals surface area (Å²) in [6.07, 6.45) is 1.27. The quantitative estimate of drug-likeness (QED) is 0.330. The van der Waals surface area contributed by atoms with Gasteiger partial charge in [-0.3, -0.25) is 0 Å². The van der Waals surface area contributed by atoms with Crippen LogP contribution in [0.5, 0.6) is 11.5 Å². The summed E-state index contributed by atoms with van der Waals surface area (Å²) in [5.74, 6) is 0.287. The predicted molar refractivity (Wildman–Crippen MR) is 83.1 cm³/mol. The van der Waals surface area contributed by atoms with Crippen molar-refractivity contribution in [2.24, 2.45) is 21.7 Å². The Morgan fingerprint density at radius 1 is 1.32 bits per heavy atom. The van der Waals surface area contributed by atoms with Gasteiger partial charge in [-0.15, -0.1) is 5.10 Å². The number of methoxy groups -OCH3 is 1. The summed E-state index contributed by atoms with van der Waals surface area (Å²) in [4.78, 5) is 11.5. The van der Waals surface area contributed by atoms with Crippen molar-refractivity contribution < 1.29 is 19.0 Å². The first-order valence-corrected chi connectivity index (χ1v) is 6.54. The molecule has 120 valence electrons. The lowest BCUT2D eigenvalue weighted by molar-refractivity contribution is -0.149. The van der Waals surface area contributed by atoms with Crippen molar-refractivity contribution in [2.75, 3.05) is 13.7 Å². The molecule has 0 aliphatic heterocycles. The van der Waals surface area contributed by atoms with Gasteiger partial charge >= 0.3 is 5.97 Å². The number of carbonyl (C=O) groups is 1. The van der Waals surface area contributed by atoms with E-state index in [0.29, 0.717) is 17.1 Å². The Kier molecular flexibility index (Phi) is 6.68. The van der Waals surface area contributed by atoms with Crippen LogP contribution in [0, 0.1) is 0 Å². The number of esters is 1. The maximum Gasteiger partial charge on any atom is 0.344 e. The summed E-state index contributed by atoms with van der Waals surface area (Å²) in [6, 6.07) is 5.05. The Hall–Kier alpha value is -2.77. The minimum atomic E-state index is -0.449. The van der Waals surface area contributed by atoms with Crippen LogP contribution in [0.1, 0.15) is 19.4 Å².